The molecule has 2 heterocycles. The Labute approximate surface area is 159 Å². The summed E-state index contributed by atoms with van der Waals surface area (Å²) in [6, 6.07) is 4.82. The zero-order chi connectivity index (χ0) is 18.1. The molecule has 0 unspecified atom stereocenters. The van der Waals surface area contributed by atoms with E-state index in [1.54, 1.807) is 0 Å². The highest BCUT2D eigenvalue weighted by atomic mass is 32.2. The van der Waals surface area contributed by atoms with Crippen molar-refractivity contribution >= 4 is 29.0 Å². The van der Waals surface area contributed by atoms with E-state index in [1.807, 2.05) is 24.2 Å². The molecule has 0 bridgehead atoms. The smallest absolute Gasteiger partial charge is 0.308 e. The predicted molar refractivity (Wildman–Crippen MR) is 105 cm³/mol. The van der Waals surface area contributed by atoms with Gasteiger partial charge in [-0.25, -0.2) is 4.98 Å². The Morgan fingerprint density at radius 3 is 2.81 bits per heavy atom. The van der Waals surface area contributed by atoms with Crippen molar-refractivity contribution in [3.63, 3.8) is 0 Å². The summed E-state index contributed by atoms with van der Waals surface area (Å²) in [4.78, 5) is 16.0. The van der Waals surface area contributed by atoms with Gasteiger partial charge in [0.25, 0.3) is 0 Å². The minimum Gasteiger partial charge on any atom is -0.469 e. The number of nitrogens with zero attached hydrogens (tertiary/aromatic N) is 2. The van der Waals surface area contributed by atoms with Crippen LogP contribution in [0, 0.1) is 5.92 Å². The SMILES string of the molecule is COC(=O)C1CC(SNC2CCC(c3cn(C)c4ncccc34)CC2)C1. The van der Waals surface area contributed by atoms with Gasteiger partial charge in [-0.05, 0) is 62.1 Å². The summed E-state index contributed by atoms with van der Waals surface area (Å²) in [7, 11) is 3.56. The second kappa shape index (κ2) is 7.61. The Balaban J connectivity index is 1.26. The number of carbonyl (C=O) groups is 1. The van der Waals surface area contributed by atoms with Gasteiger partial charge in [-0.3, -0.25) is 9.52 Å². The maximum Gasteiger partial charge on any atom is 0.308 e. The lowest BCUT2D eigenvalue weighted by Crippen LogP contribution is -2.37. The quantitative estimate of drug-likeness (QED) is 0.638. The predicted octanol–water partition coefficient (Wildman–Crippen LogP) is 3.79. The summed E-state index contributed by atoms with van der Waals surface area (Å²) in [5.74, 6) is 0.709. The van der Waals surface area contributed by atoms with Crippen molar-refractivity contribution in [2.24, 2.45) is 13.0 Å². The van der Waals surface area contributed by atoms with Gasteiger partial charge in [0, 0.05) is 36.1 Å². The van der Waals surface area contributed by atoms with Crippen LogP contribution in [0.15, 0.2) is 24.5 Å². The van der Waals surface area contributed by atoms with Gasteiger partial charge in [0.1, 0.15) is 5.65 Å². The number of nitrogens with one attached hydrogen (secondary N) is 1. The van der Waals surface area contributed by atoms with Gasteiger partial charge in [0.05, 0.1) is 13.0 Å². The van der Waals surface area contributed by atoms with Crippen LogP contribution < -0.4 is 4.72 Å². The van der Waals surface area contributed by atoms with Crippen LogP contribution in [-0.2, 0) is 16.6 Å². The summed E-state index contributed by atoms with van der Waals surface area (Å²) in [6.45, 7) is 0. The number of aryl methyl sites for hydroxylation is 1. The molecular formula is C20H27N3O2S. The minimum atomic E-state index is -0.0491. The number of hydrogen-bond donors (Lipinski definition) is 1. The van der Waals surface area contributed by atoms with Gasteiger partial charge in [0.2, 0.25) is 0 Å². The summed E-state index contributed by atoms with van der Waals surface area (Å²) < 4.78 is 10.6. The molecule has 0 aliphatic heterocycles. The van der Waals surface area contributed by atoms with E-state index >= 15 is 0 Å². The standard InChI is InChI=1S/C20H27N3O2S/c1-23-12-18(17-4-3-9-21-19(17)23)13-5-7-15(8-6-13)22-26-16-10-14(11-16)20(24)25-2/h3-4,9,12-16,22H,5-8,10-11H2,1-2H3. The second-order valence-electron chi connectivity index (χ2n) is 7.67. The van der Waals surface area contributed by atoms with Crippen LogP contribution >= 0.6 is 11.9 Å². The van der Waals surface area contributed by atoms with Crippen molar-refractivity contribution in [1.29, 1.82) is 0 Å². The molecule has 0 aromatic carbocycles. The highest BCUT2D eigenvalue weighted by Crippen LogP contribution is 2.39. The Hall–Kier alpha value is -1.53. The number of pyridine rings is 1. The lowest BCUT2D eigenvalue weighted by Gasteiger charge is -2.35. The number of methoxy groups -OCH3 is 1. The zero-order valence-electron chi connectivity index (χ0n) is 15.5. The highest BCUT2D eigenvalue weighted by molar-refractivity contribution is 7.98. The van der Waals surface area contributed by atoms with Crippen molar-refractivity contribution in [1.82, 2.24) is 14.3 Å². The number of ether oxygens (including phenoxy) is 1. The van der Waals surface area contributed by atoms with Gasteiger partial charge in [-0.15, -0.1) is 0 Å². The van der Waals surface area contributed by atoms with E-state index in [2.05, 4.69) is 33.6 Å². The van der Waals surface area contributed by atoms with E-state index in [0.29, 0.717) is 17.2 Å². The fourth-order valence-electron chi connectivity index (χ4n) is 4.30. The summed E-state index contributed by atoms with van der Waals surface area (Å²) in [5, 5.41) is 1.87. The van der Waals surface area contributed by atoms with Gasteiger partial charge in [0.15, 0.2) is 0 Å². The maximum absolute atomic E-state index is 11.5. The van der Waals surface area contributed by atoms with Crippen LogP contribution in [-0.4, -0.2) is 33.9 Å². The Morgan fingerprint density at radius 2 is 2.08 bits per heavy atom. The third-order valence-electron chi connectivity index (χ3n) is 5.96. The first-order valence-electron chi connectivity index (χ1n) is 9.54. The first-order valence-corrected chi connectivity index (χ1v) is 10.4. The lowest BCUT2D eigenvalue weighted by molar-refractivity contribution is -0.148. The zero-order valence-corrected chi connectivity index (χ0v) is 16.3. The first-order chi connectivity index (χ1) is 12.7. The van der Waals surface area contributed by atoms with Crippen LogP contribution in [0.4, 0.5) is 0 Å². The second-order valence-corrected chi connectivity index (χ2v) is 8.81. The Kier molecular flexibility index (Phi) is 5.23. The molecule has 140 valence electrons. The first kappa shape index (κ1) is 17.9. The summed E-state index contributed by atoms with van der Waals surface area (Å²) in [5.41, 5.74) is 2.55. The number of hydrogen-bond acceptors (Lipinski definition) is 5. The van der Waals surface area contributed by atoms with Crippen LogP contribution in [0.1, 0.15) is 50.0 Å². The summed E-state index contributed by atoms with van der Waals surface area (Å²) in [6.07, 6.45) is 10.9. The van der Waals surface area contributed by atoms with Crippen molar-refractivity contribution in [3.05, 3.63) is 30.1 Å². The maximum atomic E-state index is 11.5. The molecule has 0 radical (unpaired) electrons. The molecular weight excluding hydrogens is 346 g/mol. The molecule has 4 rings (SSSR count). The fourth-order valence-corrected chi connectivity index (χ4v) is 5.58. The highest BCUT2D eigenvalue weighted by Gasteiger charge is 2.36. The normalized spacial score (nSPS) is 28.7. The van der Waals surface area contributed by atoms with E-state index in [1.165, 1.54) is 43.7 Å². The van der Waals surface area contributed by atoms with Crippen LogP contribution in [0.3, 0.4) is 0 Å². The lowest BCUT2D eigenvalue weighted by atomic mass is 9.82. The molecule has 2 aromatic rings. The third-order valence-corrected chi connectivity index (χ3v) is 7.15. The van der Waals surface area contributed by atoms with E-state index in [-0.39, 0.29) is 11.9 Å². The van der Waals surface area contributed by atoms with E-state index in [0.717, 1.165) is 18.5 Å². The molecule has 0 saturated heterocycles. The third kappa shape index (κ3) is 3.49. The average Bonchev–Trinajstić information content (AvgIpc) is 2.98. The number of esters is 1. The van der Waals surface area contributed by atoms with E-state index in [4.69, 9.17) is 4.74 Å². The van der Waals surface area contributed by atoms with Gasteiger partial charge >= 0.3 is 5.97 Å². The van der Waals surface area contributed by atoms with Crippen molar-refractivity contribution in [2.45, 2.75) is 55.7 Å². The molecule has 1 N–H and O–H groups in total. The molecule has 0 amide bonds. The van der Waals surface area contributed by atoms with Gasteiger partial charge in [-0.1, -0.05) is 11.9 Å². The van der Waals surface area contributed by atoms with Gasteiger partial charge < -0.3 is 9.30 Å². The van der Waals surface area contributed by atoms with Crippen molar-refractivity contribution in [2.75, 3.05) is 7.11 Å². The van der Waals surface area contributed by atoms with Crippen molar-refractivity contribution < 1.29 is 9.53 Å². The van der Waals surface area contributed by atoms with Crippen LogP contribution in [0.25, 0.3) is 11.0 Å². The molecule has 2 aromatic heterocycles. The largest absolute Gasteiger partial charge is 0.469 e. The monoisotopic (exact) mass is 373 g/mol. The minimum absolute atomic E-state index is 0.0491. The molecule has 2 fully saturated rings. The molecule has 2 aliphatic carbocycles. The molecule has 6 heteroatoms. The topological polar surface area (TPSA) is 56.1 Å². The van der Waals surface area contributed by atoms with E-state index in [9.17, 15) is 4.79 Å². The Bertz CT molecular complexity index is 776. The van der Waals surface area contributed by atoms with E-state index < -0.39 is 0 Å². The number of carbonyl (C=O) groups excluding carboxylic acids is 1. The number of rotatable bonds is 5. The molecule has 0 spiro atoms. The molecule has 0 atom stereocenters. The fraction of sp³-hybridized carbons (Fsp3) is 0.600. The molecule has 26 heavy (non-hydrogen) atoms. The van der Waals surface area contributed by atoms with Crippen LogP contribution in [0.5, 0.6) is 0 Å². The average molecular weight is 374 g/mol. The summed E-state index contributed by atoms with van der Waals surface area (Å²) >= 11 is 1.83. The molecule has 5 nitrogen and oxygen atoms in total. The van der Waals surface area contributed by atoms with Crippen LogP contribution in [0.2, 0.25) is 0 Å². The Morgan fingerprint density at radius 1 is 1.31 bits per heavy atom. The number of fused-ring (bicyclic) bond motifs is 1. The molecule has 2 aliphatic rings. The molecule has 2 saturated carbocycles. The van der Waals surface area contributed by atoms with Crippen molar-refractivity contribution in [3.8, 4) is 0 Å². The van der Waals surface area contributed by atoms with Gasteiger partial charge in [-0.2, -0.15) is 0 Å². The number of aromatic nitrogens is 2.